The van der Waals surface area contributed by atoms with Crippen molar-refractivity contribution in [2.75, 3.05) is 5.32 Å². The molecule has 6 aromatic rings. The van der Waals surface area contributed by atoms with Crippen molar-refractivity contribution in [3.05, 3.63) is 78.8 Å². The van der Waals surface area contributed by atoms with Gasteiger partial charge in [-0.2, -0.15) is 5.10 Å². The van der Waals surface area contributed by atoms with Crippen molar-refractivity contribution in [2.45, 2.75) is 19.8 Å². The first kappa shape index (κ1) is 23.4. The van der Waals surface area contributed by atoms with E-state index >= 15 is 4.39 Å². The van der Waals surface area contributed by atoms with Crippen LogP contribution in [-0.4, -0.2) is 36.0 Å². The molecule has 0 saturated carbocycles. The highest BCUT2D eigenvalue weighted by Crippen LogP contribution is 2.35. The van der Waals surface area contributed by atoms with Gasteiger partial charge in [0.15, 0.2) is 5.82 Å². The number of hydrogen-bond acceptors (Lipinski definition) is 5. The van der Waals surface area contributed by atoms with Crippen molar-refractivity contribution in [1.29, 1.82) is 0 Å². The van der Waals surface area contributed by atoms with E-state index in [0.717, 1.165) is 0 Å². The highest BCUT2D eigenvalue weighted by Gasteiger charge is 2.21. The molecule has 4 aromatic heterocycles. The van der Waals surface area contributed by atoms with Crippen molar-refractivity contribution < 1.29 is 13.6 Å². The zero-order chi connectivity index (χ0) is 26.2. The average molecular weight is 510 g/mol. The predicted octanol–water partition coefficient (Wildman–Crippen LogP) is 6.25. The highest BCUT2D eigenvalue weighted by atomic mass is 19.1. The number of fused-ring (bicyclic) bond motifs is 2. The summed E-state index contributed by atoms with van der Waals surface area (Å²) >= 11 is 0. The maximum absolute atomic E-state index is 16.0. The number of benzene rings is 2. The van der Waals surface area contributed by atoms with E-state index in [2.05, 4.69) is 35.5 Å². The fraction of sp³-hybridized carbons (Fsp3) is 0.107. The summed E-state index contributed by atoms with van der Waals surface area (Å²) in [4.78, 5) is 28.3. The second-order valence-corrected chi connectivity index (χ2v) is 8.80. The van der Waals surface area contributed by atoms with Crippen LogP contribution in [-0.2, 0) is 4.79 Å². The SMILES string of the molecule is CCCC(=O)Nc1cncc(-c2ccc3[nH]nc(-c4nc5c(-c6ccccc6F)nccc5[nH]4)c3c2F)c1. The summed E-state index contributed by atoms with van der Waals surface area (Å²) in [5, 5.41) is 10.2. The van der Waals surface area contributed by atoms with E-state index in [1.165, 1.54) is 18.5 Å². The molecular formula is C28H21F2N7O. The largest absolute Gasteiger partial charge is 0.336 e. The minimum absolute atomic E-state index is 0.131. The number of carbonyl (C=O) groups excluding carboxylic acids is 1. The molecule has 0 aliphatic heterocycles. The minimum atomic E-state index is -0.516. The average Bonchev–Trinajstić information content (AvgIpc) is 3.54. The first-order valence-electron chi connectivity index (χ1n) is 12.1. The Balaban J connectivity index is 1.45. The zero-order valence-electron chi connectivity index (χ0n) is 20.2. The number of carbonyl (C=O) groups is 1. The lowest BCUT2D eigenvalue weighted by Crippen LogP contribution is -2.10. The molecule has 6 rings (SSSR count). The summed E-state index contributed by atoms with van der Waals surface area (Å²) in [6.07, 6.45) is 5.72. The van der Waals surface area contributed by atoms with Gasteiger partial charge in [0.05, 0.1) is 28.3 Å². The topological polar surface area (TPSA) is 112 Å². The number of aromatic nitrogens is 6. The van der Waals surface area contributed by atoms with Crippen molar-refractivity contribution in [3.63, 3.8) is 0 Å². The molecule has 10 heteroatoms. The lowest BCUT2D eigenvalue weighted by molar-refractivity contribution is -0.116. The zero-order valence-corrected chi connectivity index (χ0v) is 20.2. The maximum Gasteiger partial charge on any atom is 0.224 e. The van der Waals surface area contributed by atoms with Gasteiger partial charge in [0.25, 0.3) is 0 Å². The van der Waals surface area contributed by atoms with Crippen LogP contribution >= 0.6 is 0 Å². The van der Waals surface area contributed by atoms with E-state index in [9.17, 15) is 9.18 Å². The first-order valence-corrected chi connectivity index (χ1v) is 12.1. The van der Waals surface area contributed by atoms with Gasteiger partial charge in [-0.1, -0.05) is 19.1 Å². The molecule has 0 bridgehead atoms. The summed E-state index contributed by atoms with van der Waals surface area (Å²) in [7, 11) is 0. The molecule has 2 aromatic carbocycles. The maximum atomic E-state index is 16.0. The third-order valence-corrected chi connectivity index (χ3v) is 6.23. The molecule has 38 heavy (non-hydrogen) atoms. The number of aromatic amines is 2. The van der Waals surface area contributed by atoms with Gasteiger partial charge in [-0.05, 0) is 42.8 Å². The molecule has 0 aliphatic rings. The third kappa shape index (κ3) is 4.05. The summed E-state index contributed by atoms with van der Waals surface area (Å²) in [5.74, 6) is -0.752. The van der Waals surface area contributed by atoms with E-state index in [0.29, 0.717) is 63.3 Å². The van der Waals surface area contributed by atoms with Gasteiger partial charge < -0.3 is 10.3 Å². The summed E-state index contributed by atoms with van der Waals surface area (Å²) in [6, 6.07) is 13.1. The Morgan fingerprint density at radius 2 is 1.87 bits per heavy atom. The highest BCUT2D eigenvalue weighted by molar-refractivity contribution is 5.98. The van der Waals surface area contributed by atoms with Crippen molar-refractivity contribution in [1.82, 2.24) is 30.1 Å². The molecule has 0 unspecified atom stereocenters. The quantitative estimate of drug-likeness (QED) is 0.246. The third-order valence-electron chi connectivity index (χ3n) is 6.23. The van der Waals surface area contributed by atoms with Gasteiger partial charge in [0, 0.05) is 35.5 Å². The van der Waals surface area contributed by atoms with E-state index in [1.54, 1.807) is 48.7 Å². The Morgan fingerprint density at radius 1 is 1.00 bits per heavy atom. The molecule has 0 spiro atoms. The number of amides is 1. The number of imidazole rings is 1. The first-order chi connectivity index (χ1) is 18.5. The molecule has 0 saturated heterocycles. The minimum Gasteiger partial charge on any atom is -0.336 e. The van der Waals surface area contributed by atoms with Gasteiger partial charge in [-0.25, -0.2) is 13.8 Å². The molecule has 0 atom stereocenters. The summed E-state index contributed by atoms with van der Waals surface area (Å²) in [5.41, 5.74) is 3.78. The summed E-state index contributed by atoms with van der Waals surface area (Å²) in [6.45, 7) is 1.92. The number of anilines is 1. The van der Waals surface area contributed by atoms with Crippen LogP contribution in [0.5, 0.6) is 0 Å². The van der Waals surface area contributed by atoms with Crippen LogP contribution in [0.4, 0.5) is 14.5 Å². The monoisotopic (exact) mass is 509 g/mol. The van der Waals surface area contributed by atoms with Gasteiger partial charge in [-0.15, -0.1) is 0 Å². The molecule has 188 valence electrons. The Morgan fingerprint density at radius 3 is 2.71 bits per heavy atom. The summed E-state index contributed by atoms with van der Waals surface area (Å²) < 4.78 is 30.5. The van der Waals surface area contributed by atoms with Crippen molar-refractivity contribution in [3.8, 4) is 33.9 Å². The fourth-order valence-corrected chi connectivity index (χ4v) is 4.47. The second-order valence-electron chi connectivity index (χ2n) is 8.80. The molecular weight excluding hydrogens is 488 g/mol. The van der Waals surface area contributed by atoms with Gasteiger partial charge in [0.1, 0.15) is 28.5 Å². The lowest BCUT2D eigenvalue weighted by Gasteiger charge is -2.08. The standard InChI is InChI=1S/C28H21F2N7O/c1-2-5-22(38)33-16-12-15(13-31-14-16)17-8-9-20-23(24(17)30)27(37-36-20)28-34-21-10-11-32-25(26(21)35-28)18-6-3-4-7-19(18)29/h3-4,6-14H,2,5H2,1H3,(H,33,38)(H,34,35)(H,36,37). The number of nitrogens with zero attached hydrogens (tertiary/aromatic N) is 4. The molecule has 4 heterocycles. The van der Waals surface area contributed by atoms with E-state index in [1.807, 2.05) is 6.92 Å². The van der Waals surface area contributed by atoms with Crippen LogP contribution in [0, 0.1) is 11.6 Å². The van der Waals surface area contributed by atoms with E-state index < -0.39 is 11.6 Å². The van der Waals surface area contributed by atoms with Crippen LogP contribution in [0.25, 0.3) is 55.8 Å². The second kappa shape index (κ2) is 9.47. The predicted molar refractivity (Wildman–Crippen MR) is 141 cm³/mol. The van der Waals surface area contributed by atoms with E-state index in [4.69, 9.17) is 0 Å². The molecule has 0 aliphatic carbocycles. The van der Waals surface area contributed by atoms with Crippen LogP contribution in [0.2, 0.25) is 0 Å². The number of hydrogen-bond donors (Lipinski definition) is 3. The van der Waals surface area contributed by atoms with E-state index in [-0.39, 0.29) is 17.0 Å². The molecule has 8 nitrogen and oxygen atoms in total. The number of halogens is 2. The molecule has 0 radical (unpaired) electrons. The number of nitrogens with one attached hydrogen (secondary N) is 3. The Labute approximate surface area is 215 Å². The Hall–Kier alpha value is -4.99. The number of pyridine rings is 2. The van der Waals surface area contributed by atoms with Gasteiger partial charge in [0.2, 0.25) is 5.91 Å². The van der Waals surface area contributed by atoms with Gasteiger partial charge in [-0.3, -0.25) is 19.9 Å². The van der Waals surface area contributed by atoms with Crippen molar-refractivity contribution in [2.24, 2.45) is 0 Å². The lowest BCUT2D eigenvalue weighted by atomic mass is 10.0. The van der Waals surface area contributed by atoms with Crippen LogP contribution in [0.15, 0.2) is 67.1 Å². The van der Waals surface area contributed by atoms with Crippen molar-refractivity contribution >= 4 is 33.5 Å². The molecule has 3 N–H and O–H groups in total. The van der Waals surface area contributed by atoms with Crippen LogP contribution in [0.3, 0.4) is 0 Å². The van der Waals surface area contributed by atoms with Crippen LogP contribution in [0.1, 0.15) is 19.8 Å². The van der Waals surface area contributed by atoms with Crippen LogP contribution < -0.4 is 5.32 Å². The number of rotatable bonds is 6. The molecule has 0 fully saturated rings. The van der Waals surface area contributed by atoms with Gasteiger partial charge >= 0.3 is 0 Å². The Bertz CT molecular complexity index is 1830. The normalized spacial score (nSPS) is 11.3. The molecule has 1 amide bonds. The smallest absolute Gasteiger partial charge is 0.224 e. The Kier molecular flexibility index (Phi) is 5.83. The number of H-pyrrole nitrogens is 2. The fourth-order valence-electron chi connectivity index (χ4n) is 4.47.